The lowest BCUT2D eigenvalue weighted by atomic mass is 9.87. The van der Waals surface area contributed by atoms with Gasteiger partial charge in [-0.2, -0.15) is 0 Å². The zero-order valence-corrected chi connectivity index (χ0v) is 30.4. The maximum absolute atomic E-state index is 14.3. The summed E-state index contributed by atoms with van der Waals surface area (Å²) in [7, 11) is 1.96. The summed E-state index contributed by atoms with van der Waals surface area (Å²) in [5.74, 6) is 1.06. The van der Waals surface area contributed by atoms with Crippen LogP contribution < -0.4 is 4.74 Å². The van der Waals surface area contributed by atoms with Crippen molar-refractivity contribution in [3.63, 3.8) is 0 Å². The van der Waals surface area contributed by atoms with Crippen LogP contribution in [0.15, 0.2) is 54.7 Å². The normalized spacial score (nSPS) is 20.9. The van der Waals surface area contributed by atoms with Crippen LogP contribution >= 0.6 is 48.6 Å². The minimum absolute atomic E-state index is 0. The van der Waals surface area contributed by atoms with E-state index in [0.717, 1.165) is 68.1 Å². The number of rotatable bonds is 12. The van der Waals surface area contributed by atoms with Crippen LogP contribution in [0.1, 0.15) is 79.3 Å². The van der Waals surface area contributed by atoms with Crippen LogP contribution in [0.25, 0.3) is 0 Å². The highest BCUT2D eigenvalue weighted by Gasteiger charge is 2.41. The second-order valence-electron chi connectivity index (χ2n) is 12.7. The molecule has 6 nitrogen and oxygen atoms in total. The van der Waals surface area contributed by atoms with Crippen LogP contribution in [0.4, 0.5) is 4.39 Å². The lowest BCUT2D eigenvalue weighted by molar-refractivity contribution is -0.145. The van der Waals surface area contributed by atoms with E-state index in [-0.39, 0.29) is 60.9 Å². The molecule has 1 saturated heterocycles. The number of aliphatic carboxylic acids is 1. The van der Waals surface area contributed by atoms with Gasteiger partial charge < -0.3 is 14.7 Å². The Hall–Kier alpha value is -1.94. The van der Waals surface area contributed by atoms with Gasteiger partial charge in [0.15, 0.2) is 0 Å². The number of likely N-dealkylation sites (N-methyl/N-ethyl adjacent to an activating group) is 1. The molecule has 1 N–H and O–H groups in total. The van der Waals surface area contributed by atoms with Gasteiger partial charge in [-0.05, 0) is 112 Å². The van der Waals surface area contributed by atoms with Gasteiger partial charge in [0.25, 0.3) is 0 Å². The molecule has 1 aromatic heterocycles. The zero-order chi connectivity index (χ0) is 30.5. The number of likely N-dealkylation sites (tertiary alicyclic amines) is 1. The molecule has 5 rings (SSSR count). The number of hydrogen-bond donors (Lipinski definition) is 1. The number of ether oxygens (including phenoxy) is 1. The number of thiazole rings is 1. The Kier molecular flexibility index (Phi) is 16.2. The average Bonchev–Trinajstić information content (AvgIpc) is 3.62. The predicted octanol–water partition coefficient (Wildman–Crippen LogP) is 8.32. The fourth-order valence-electron chi connectivity index (χ4n) is 7.30. The molecule has 3 unspecified atom stereocenters. The highest BCUT2D eigenvalue weighted by atomic mass is 35.5. The fraction of sp³-hybridized carbons (Fsp3) is 0.543. The number of benzene rings is 2. The molecule has 2 heterocycles. The number of aromatic nitrogens is 1. The van der Waals surface area contributed by atoms with Gasteiger partial charge in [0.1, 0.15) is 17.6 Å². The number of piperidine rings is 1. The Bertz CT molecular complexity index is 1350. The molecule has 2 aromatic carbocycles. The van der Waals surface area contributed by atoms with Gasteiger partial charge in [-0.15, -0.1) is 48.6 Å². The summed E-state index contributed by atoms with van der Waals surface area (Å²) in [4.78, 5) is 22.9. The minimum Gasteiger partial charge on any atom is -0.494 e. The van der Waals surface area contributed by atoms with Crippen LogP contribution in [-0.4, -0.2) is 71.2 Å². The van der Waals surface area contributed by atoms with Crippen molar-refractivity contribution < 1.29 is 19.0 Å². The van der Waals surface area contributed by atoms with Crippen molar-refractivity contribution in [3.8, 4) is 5.75 Å². The van der Waals surface area contributed by atoms with Gasteiger partial charge in [0.2, 0.25) is 0 Å². The highest BCUT2D eigenvalue weighted by molar-refractivity contribution is 7.11. The molecule has 0 radical (unpaired) electrons. The van der Waals surface area contributed by atoms with Crippen molar-refractivity contribution >= 4 is 54.5 Å². The Morgan fingerprint density at radius 1 is 1.11 bits per heavy atom. The average molecular weight is 717 g/mol. The maximum Gasteiger partial charge on any atom is 0.321 e. The SMILES string of the molecule is CCOc1ccc(Cc2ncc(C3CCN(CC4CC(N(C)[C@@H](C(=O)O)C(C)C)CC4c4cccc(F)c4)CC3)s2)cc1.Cl.Cl.Cl. The summed E-state index contributed by atoms with van der Waals surface area (Å²) >= 11 is 1.84. The number of carbonyl (C=O) groups is 1. The van der Waals surface area contributed by atoms with E-state index in [1.165, 1.54) is 16.5 Å². The third-order valence-electron chi connectivity index (χ3n) is 9.49. The van der Waals surface area contributed by atoms with E-state index in [0.29, 0.717) is 18.4 Å². The van der Waals surface area contributed by atoms with Gasteiger partial charge >= 0.3 is 5.97 Å². The van der Waals surface area contributed by atoms with E-state index in [1.807, 2.05) is 57.4 Å². The molecule has 1 aliphatic carbocycles. The fourth-order valence-corrected chi connectivity index (χ4v) is 8.43. The van der Waals surface area contributed by atoms with E-state index in [1.54, 1.807) is 12.1 Å². The van der Waals surface area contributed by atoms with Crippen LogP contribution in [0.3, 0.4) is 0 Å². The molecule has 11 heteroatoms. The summed E-state index contributed by atoms with van der Waals surface area (Å²) < 4.78 is 19.8. The first-order chi connectivity index (χ1) is 20.7. The Labute approximate surface area is 296 Å². The molecule has 2 fully saturated rings. The van der Waals surface area contributed by atoms with Crippen molar-refractivity contribution in [1.82, 2.24) is 14.8 Å². The Morgan fingerprint density at radius 2 is 1.80 bits per heavy atom. The van der Waals surface area contributed by atoms with Gasteiger partial charge in [0, 0.05) is 30.1 Å². The largest absolute Gasteiger partial charge is 0.494 e. The third kappa shape index (κ3) is 10.0. The molecule has 256 valence electrons. The van der Waals surface area contributed by atoms with Crippen molar-refractivity contribution in [1.29, 1.82) is 0 Å². The van der Waals surface area contributed by atoms with Gasteiger partial charge in [-0.3, -0.25) is 9.69 Å². The molecule has 0 bridgehead atoms. The maximum atomic E-state index is 14.3. The van der Waals surface area contributed by atoms with Gasteiger partial charge in [-0.25, -0.2) is 9.37 Å². The molecule has 3 aromatic rings. The third-order valence-corrected chi connectivity index (χ3v) is 10.6. The van der Waals surface area contributed by atoms with Crippen molar-refractivity contribution in [3.05, 3.63) is 81.6 Å². The quantitative estimate of drug-likeness (QED) is 0.204. The molecule has 0 amide bonds. The van der Waals surface area contributed by atoms with E-state index in [4.69, 9.17) is 9.72 Å². The topological polar surface area (TPSA) is 65.9 Å². The lowest BCUT2D eigenvalue weighted by Crippen LogP contribution is -2.47. The highest BCUT2D eigenvalue weighted by Crippen LogP contribution is 2.44. The van der Waals surface area contributed by atoms with Crippen molar-refractivity contribution in [2.75, 3.05) is 33.3 Å². The van der Waals surface area contributed by atoms with Gasteiger partial charge in [-0.1, -0.05) is 38.1 Å². The smallest absolute Gasteiger partial charge is 0.321 e. The number of hydrogen-bond acceptors (Lipinski definition) is 6. The van der Waals surface area contributed by atoms with E-state index < -0.39 is 12.0 Å². The Morgan fingerprint density at radius 3 is 2.41 bits per heavy atom. The van der Waals surface area contributed by atoms with Crippen molar-refractivity contribution in [2.45, 2.75) is 76.8 Å². The number of carboxylic acids is 1. The Balaban J connectivity index is 0.00000245. The van der Waals surface area contributed by atoms with E-state index in [9.17, 15) is 14.3 Å². The van der Waals surface area contributed by atoms with Crippen LogP contribution in [0.5, 0.6) is 5.75 Å². The molecule has 46 heavy (non-hydrogen) atoms. The molecule has 0 spiro atoms. The summed E-state index contributed by atoms with van der Waals surface area (Å²) in [6.07, 6.45) is 6.93. The summed E-state index contributed by atoms with van der Waals surface area (Å²) in [6, 6.07) is 15.0. The second-order valence-corrected chi connectivity index (χ2v) is 13.9. The van der Waals surface area contributed by atoms with E-state index in [2.05, 4.69) is 28.1 Å². The number of halogens is 4. The van der Waals surface area contributed by atoms with Crippen LogP contribution in [0.2, 0.25) is 0 Å². The van der Waals surface area contributed by atoms with Crippen LogP contribution in [-0.2, 0) is 11.2 Å². The molecular weight excluding hydrogens is 668 g/mol. The molecule has 1 saturated carbocycles. The first-order valence-corrected chi connectivity index (χ1v) is 16.6. The predicted molar refractivity (Wildman–Crippen MR) is 192 cm³/mol. The van der Waals surface area contributed by atoms with Gasteiger partial charge in [0.05, 0.1) is 11.6 Å². The summed E-state index contributed by atoms with van der Waals surface area (Å²) in [5, 5.41) is 11.1. The second kappa shape index (κ2) is 18.6. The van der Waals surface area contributed by atoms with Crippen LogP contribution in [0, 0.1) is 17.7 Å². The van der Waals surface area contributed by atoms with Crippen molar-refractivity contribution in [2.24, 2.45) is 11.8 Å². The lowest BCUT2D eigenvalue weighted by Gasteiger charge is -2.35. The monoisotopic (exact) mass is 715 g/mol. The summed E-state index contributed by atoms with van der Waals surface area (Å²) in [5.41, 5.74) is 2.28. The van der Waals surface area contributed by atoms with E-state index >= 15 is 0 Å². The molecular formula is C35H49Cl3FN3O3S. The standard InChI is InChI=1S/C35H46FN3O3S.3ClH/c1-5-42-30-11-9-24(10-12-30)17-33-37-21-32(43-33)25-13-15-39(16-14-25)22-27-19-29(38(4)34(23(2)3)35(40)41)20-31(27)26-7-6-8-28(36)18-26;;;/h6-12,18,21,23,25,27,29,31,34H,5,13-17,19-20,22H2,1-4H3,(H,40,41);3*1H/t27?,29?,31?,34-;;;/m1.../s1. The first-order valence-electron chi connectivity index (χ1n) is 15.8. The molecule has 2 aliphatic rings. The molecule has 1 aliphatic heterocycles. The minimum atomic E-state index is -0.768. The number of nitrogens with zero attached hydrogens (tertiary/aromatic N) is 3. The zero-order valence-electron chi connectivity index (χ0n) is 27.1. The summed E-state index contributed by atoms with van der Waals surface area (Å²) in [6.45, 7) is 9.65. The first kappa shape index (κ1) is 40.2. The molecule has 4 atom stereocenters. The number of carboxylic acid groups (broad SMARTS) is 1.